The number of anilines is 1. The first-order chi connectivity index (χ1) is 8.77. The van der Waals surface area contributed by atoms with Gasteiger partial charge in [-0.3, -0.25) is 4.98 Å². The van der Waals surface area contributed by atoms with Crippen LogP contribution in [0.15, 0.2) is 23.5 Å². The van der Waals surface area contributed by atoms with E-state index in [0.29, 0.717) is 25.5 Å². The van der Waals surface area contributed by atoms with E-state index in [4.69, 9.17) is 15.7 Å². The van der Waals surface area contributed by atoms with Crippen LogP contribution in [-0.2, 0) is 4.74 Å². The van der Waals surface area contributed by atoms with Crippen LogP contribution < -0.4 is 10.6 Å². The monoisotopic (exact) mass is 252 g/mol. The summed E-state index contributed by atoms with van der Waals surface area (Å²) in [5.74, 6) is -0.0474. The molecule has 0 radical (unpaired) electrons. The Balaban J connectivity index is 2.37. The van der Waals surface area contributed by atoms with Crippen molar-refractivity contribution in [1.29, 1.82) is 0 Å². The van der Waals surface area contributed by atoms with Gasteiger partial charge >= 0.3 is 0 Å². The molecule has 0 spiro atoms. The van der Waals surface area contributed by atoms with Crippen molar-refractivity contribution in [2.75, 3.05) is 31.3 Å². The van der Waals surface area contributed by atoms with E-state index < -0.39 is 0 Å². The minimum atomic E-state index is -0.145. The maximum atomic E-state index is 9.36. The number of aromatic nitrogens is 1. The smallest absolute Gasteiger partial charge is 0.190 e. The Bertz CT molecular complexity index is 438. The molecular formula is C11H16N4O3. The molecule has 7 nitrogen and oxygen atoms in total. The highest BCUT2D eigenvalue weighted by Crippen LogP contribution is 2.22. The van der Waals surface area contributed by atoms with Crippen molar-refractivity contribution < 1.29 is 15.1 Å². The Labute approximate surface area is 104 Å². The van der Waals surface area contributed by atoms with Crippen LogP contribution in [0.2, 0.25) is 0 Å². The number of pyridine rings is 1. The molecule has 18 heavy (non-hydrogen) atoms. The van der Waals surface area contributed by atoms with Crippen molar-refractivity contribution in [2.24, 2.45) is 10.9 Å². The van der Waals surface area contributed by atoms with Gasteiger partial charge in [0.2, 0.25) is 0 Å². The maximum Gasteiger partial charge on any atom is 0.190 e. The van der Waals surface area contributed by atoms with Crippen molar-refractivity contribution in [1.82, 2.24) is 4.98 Å². The van der Waals surface area contributed by atoms with E-state index in [1.54, 1.807) is 12.3 Å². The lowest BCUT2D eigenvalue weighted by molar-refractivity contribution is 0.0726. The van der Waals surface area contributed by atoms with Gasteiger partial charge in [0.1, 0.15) is 5.69 Å². The summed E-state index contributed by atoms with van der Waals surface area (Å²) in [4.78, 5) is 6.08. The van der Waals surface area contributed by atoms with Gasteiger partial charge in [0.15, 0.2) is 5.84 Å². The van der Waals surface area contributed by atoms with Gasteiger partial charge in [0, 0.05) is 12.7 Å². The number of nitrogens with zero attached hydrogens (tertiary/aromatic N) is 3. The average molecular weight is 252 g/mol. The Morgan fingerprint density at radius 1 is 1.67 bits per heavy atom. The highest BCUT2D eigenvalue weighted by atomic mass is 16.5. The van der Waals surface area contributed by atoms with Gasteiger partial charge < -0.3 is 25.7 Å². The Morgan fingerprint density at radius 3 is 3.22 bits per heavy atom. The SMILES string of the molecule is N/C(=N/O)c1ncccc1N1CCOCC1CO. The van der Waals surface area contributed by atoms with E-state index >= 15 is 0 Å². The highest BCUT2D eigenvalue weighted by Gasteiger charge is 2.25. The van der Waals surface area contributed by atoms with Gasteiger partial charge in [-0.2, -0.15) is 0 Å². The fourth-order valence-corrected chi connectivity index (χ4v) is 2.00. The molecule has 0 saturated carbocycles. The third kappa shape index (κ3) is 2.36. The summed E-state index contributed by atoms with van der Waals surface area (Å²) in [6, 6.07) is 3.45. The second-order valence-electron chi connectivity index (χ2n) is 3.96. The number of nitrogens with two attached hydrogens (primary N) is 1. The summed E-state index contributed by atoms with van der Waals surface area (Å²) < 4.78 is 5.32. The van der Waals surface area contributed by atoms with Crippen LogP contribution in [0.25, 0.3) is 0 Å². The molecule has 1 aromatic rings. The zero-order valence-electron chi connectivity index (χ0n) is 9.86. The number of hydrogen-bond donors (Lipinski definition) is 3. The molecule has 4 N–H and O–H groups in total. The van der Waals surface area contributed by atoms with Crippen LogP contribution in [0.3, 0.4) is 0 Å². The van der Waals surface area contributed by atoms with E-state index in [-0.39, 0.29) is 18.5 Å². The molecule has 7 heteroatoms. The molecule has 0 aromatic carbocycles. The fourth-order valence-electron chi connectivity index (χ4n) is 2.00. The Kier molecular flexibility index (Phi) is 3.96. The molecule has 2 rings (SSSR count). The number of morpholine rings is 1. The average Bonchev–Trinajstić information content (AvgIpc) is 2.46. The van der Waals surface area contributed by atoms with E-state index in [1.807, 2.05) is 11.0 Å². The lowest BCUT2D eigenvalue weighted by atomic mass is 10.1. The quantitative estimate of drug-likeness (QED) is 0.286. The lowest BCUT2D eigenvalue weighted by Gasteiger charge is -2.36. The summed E-state index contributed by atoms with van der Waals surface area (Å²) in [6.07, 6.45) is 1.57. The zero-order valence-corrected chi connectivity index (χ0v) is 9.86. The lowest BCUT2D eigenvalue weighted by Crippen LogP contribution is -2.48. The molecule has 0 bridgehead atoms. The van der Waals surface area contributed by atoms with Gasteiger partial charge in [-0.05, 0) is 12.1 Å². The fraction of sp³-hybridized carbons (Fsp3) is 0.455. The predicted octanol–water partition coefficient (Wildman–Crippen LogP) is -0.626. The highest BCUT2D eigenvalue weighted by molar-refractivity contribution is 6.00. The second kappa shape index (κ2) is 5.65. The topological polar surface area (TPSA) is 104 Å². The summed E-state index contributed by atoms with van der Waals surface area (Å²) in [5, 5.41) is 21.1. The number of oxime groups is 1. The zero-order chi connectivity index (χ0) is 13.0. The van der Waals surface area contributed by atoms with E-state index in [9.17, 15) is 5.11 Å². The van der Waals surface area contributed by atoms with Crippen molar-refractivity contribution in [3.63, 3.8) is 0 Å². The molecular weight excluding hydrogens is 236 g/mol. The molecule has 1 saturated heterocycles. The second-order valence-corrected chi connectivity index (χ2v) is 3.96. The van der Waals surface area contributed by atoms with Crippen molar-refractivity contribution >= 4 is 11.5 Å². The summed E-state index contributed by atoms with van der Waals surface area (Å²) >= 11 is 0. The number of ether oxygens (including phenoxy) is 1. The largest absolute Gasteiger partial charge is 0.409 e. The van der Waals surface area contributed by atoms with Gasteiger partial charge in [0.25, 0.3) is 0 Å². The van der Waals surface area contributed by atoms with Crippen molar-refractivity contribution in [3.05, 3.63) is 24.0 Å². The first kappa shape index (κ1) is 12.6. The van der Waals surface area contributed by atoms with E-state index in [1.165, 1.54) is 0 Å². The minimum absolute atomic E-state index is 0.0233. The summed E-state index contributed by atoms with van der Waals surface area (Å²) in [7, 11) is 0. The van der Waals surface area contributed by atoms with Gasteiger partial charge in [-0.25, -0.2) is 0 Å². The van der Waals surface area contributed by atoms with Gasteiger partial charge in [-0.1, -0.05) is 5.16 Å². The third-order valence-corrected chi connectivity index (χ3v) is 2.88. The van der Waals surface area contributed by atoms with Crippen LogP contribution in [0.4, 0.5) is 5.69 Å². The Morgan fingerprint density at radius 2 is 2.50 bits per heavy atom. The molecule has 2 heterocycles. The molecule has 1 aliphatic rings. The number of aliphatic hydroxyl groups excluding tert-OH is 1. The molecule has 98 valence electrons. The summed E-state index contributed by atoms with van der Waals surface area (Å²) in [6.45, 7) is 1.62. The minimum Gasteiger partial charge on any atom is -0.409 e. The van der Waals surface area contributed by atoms with Crippen LogP contribution in [0.5, 0.6) is 0 Å². The number of rotatable bonds is 3. The maximum absolute atomic E-state index is 9.36. The van der Waals surface area contributed by atoms with Crippen LogP contribution in [-0.4, -0.2) is 53.5 Å². The molecule has 0 amide bonds. The molecule has 1 fully saturated rings. The summed E-state index contributed by atoms with van der Waals surface area (Å²) in [5.41, 5.74) is 6.74. The van der Waals surface area contributed by atoms with E-state index in [2.05, 4.69) is 10.1 Å². The van der Waals surface area contributed by atoms with Gasteiger partial charge in [-0.15, -0.1) is 0 Å². The molecule has 1 atom stereocenters. The van der Waals surface area contributed by atoms with Crippen LogP contribution >= 0.6 is 0 Å². The van der Waals surface area contributed by atoms with Crippen LogP contribution in [0, 0.1) is 0 Å². The standard InChI is InChI=1S/C11H16N4O3/c12-11(14-17)10-9(2-1-3-13-10)15-4-5-18-7-8(15)6-16/h1-3,8,16-17H,4-7H2,(H2,12,14). The van der Waals surface area contributed by atoms with Crippen molar-refractivity contribution in [2.45, 2.75) is 6.04 Å². The van der Waals surface area contributed by atoms with Crippen molar-refractivity contribution in [3.8, 4) is 0 Å². The normalized spacial score (nSPS) is 21.1. The Hall–Kier alpha value is -1.86. The number of hydrogen-bond acceptors (Lipinski definition) is 6. The molecule has 1 unspecified atom stereocenters. The van der Waals surface area contributed by atoms with E-state index in [0.717, 1.165) is 5.69 Å². The molecule has 1 aromatic heterocycles. The molecule has 0 aliphatic carbocycles. The third-order valence-electron chi connectivity index (χ3n) is 2.88. The van der Waals surface area contributed by atoms with Gasteiger partial charge in [0.05, 0.1) is 31.5 Å². The first-order valence-electron chi connectivity index (χ1n) is 5.66. The molecule has 1 aliphatic heterocycles. The number of amidine groups is 1. The predicted molar refractivity (Wildman–Crippen MR) is 65.8 cm³/mol. The van der Waals surface area contributed by atoms with Crippen LogP contribution in [0.1, 0.15) is 5.69 Å². The first-order valence-corrected chi connectivity index (χ1v) is 5.66. The number of aliphatic hydroxyl groups is 1.